The monoisotopic (exact) mass is 385 g/mol. The molecular weight excluding hydrogens is 368 g/mol. The molecular formula is C16H17FINO. The zero-order chi connectivity index (χ0) is 14.5. The molecule has 2 aromatic carbocycles. The van der Waals surface area contributed by atoms with E-state index >= 15 is 0 Å². The Bertz CT molecular complexity index is 586. The van der Waals surface area contributed by atoms with Gasteiger partial charge in [0, 0.05) is 18.2 Å². The quantitative estimate of drug-likeness (QED) is 0.753. The van der Waals surface area contributed by atoms with Gasteiger partial charge in [-0.2, -0.15) is 0 Å². The van der Waals surface area contributed by atoms with Crippen molar-refractivity contribution >= 4 is 22.6 Å². The highest BCUT2D eigenvalue weighted by atomic mass is 127. The van der Waals surface area contributed by atoms with E-state index in [2.05, 4.69) is 27.9 Å². The fourth-order valence-electron chi connectivity index (χ4n) is 1.76. The molecule has 2 aromatic rings. The molecule has 0 saturated carbocycles. The highest BCUT2D eigenvalue weighted by Gasteiger charge is 2.12. The fourth-order valence-corrected chi connectivity index (χ4v) is 2.26. The summed E-state index contributed by atoms with van der Waals surface area (Å²) in [5, 5.41) is 3.22. The van der Waals surface area contributed by atoms with Crippen LogP contribution in [0.15, 0.2) is 42.5 Å². The Labute approximate surface area is 132 Å². The van der Waals surface area contributed by atoms with Crippen molar-refractivity contribution in [2.45, 2.75) is 26.4 Å². The maximum atomic E-state index is 14.0. The first-order chi connectivity index (χ1) is 9.58. The van der Waals surface area contributed by atoms with Gasteiger partial charge in [0.1, 0.15) is 17.3 Å². The molecule has 0 atom stereocenters. The molecule has 4 heteroatoms. The van der Waals surface area contributed by atoms with Crippen molar-refractivity contribution in [2.24, 2.45) is 0 Å². The van der Waals surface area contributed by atoms with E-state index in [4.69, 9.17) is 4.74 Å². The molecule has 0 unspecified atom stereocenters. The number of halogens is 2. The van der Waals surface area contributed by atoms with E-state index in [-0.39, 0.29) is 5.82 Å². The summed E-state index contributed by atoms with van der Waals surface area (Å²) in [6.45, 7) is 4.51. The lowest BCUT2D eigenvalue weighted by Crippen LogP contribution is -2.22. The summed E-state index contributed by atoms with van der Waals surface area (Å²) in [4.78, 5) is 0. The molecule has 0 aliphatic heterocycles. The minimum absolute atomic E-state index is 0.249. The van der Waals surface area contributed by atoms with Gasteiger partial charge in [-0.3, -0.25) is 0 Å². The molecule has 0 heterocycles. The Hall–Kier alpha value is -1.14. The van der Waals surface area contributed by atoms with Crippen LogP contribution in [-0.4, -0.2) is 6.04 Å². The third kappa shape index (κ3) is 3.93. The molecule has 1 N–H and O–H groups in total. The lowest BCUT2D eigenvalue weighted by Gasteiger charge is -2.15. The van der Waals surface area contributed by atoms with Crippen LogP contribution in [0, 0.1) is 9.39 Å². The van der Waals surface area contributed by atoms with E-state index in [0.717, 1.165) is 9.32 Å². The van der Waals surface area contributed by atoms with Gasteiger partial charge < -0.3 is 10.1 Å². The number of nitrogens with one attached hydrogen (secondary N) is 1. The molecule has 0 aliphatic carbocycles. The predicted octanol–water partition coefficient (Wildman–Crippen LogP) is 4.72. The summed E-state index contributed by atoms with van der Waals surface area (Å²) in [7, 11) is 0. The second-order valence-electron chi connectivity index (χ2n) is 4.78. The summed E-state index contributed by atoms with van der Waals surface area (Å²) in [5.74, 6) is 1.05. The van der Waals surface area contributed by atoms with E-state index in [1.165, 1.54) is 6.07 Å². The number of para-hydroxylation sites is 1. The minimum atomic E-state index is -0.249. The van der Waals surface area contributed by atoms with Gasteiger partial charge in [0.2, 0.25) is 0 Å². The molecule has 0 radical (unpaired) electrons. The topological polar surface area (TPSA) is 21.3 Å². The first-order valence-electron chi connectivity index (χ1n) is 6.51. The van der Waals surface area contributed by atoms with Gasteiger partial charge in [-0.25, -0.2) is 4.39 Å². The van der Waals surface area contributed by atoms with Gasteiger partial charge in [-0.1, -0.05) is 32.0 Å². The number of hydrogen-bond donors (Lipinski definition) is 1. The zero-order valence-electron chi connectivity index (χ0n) is 11.5. The smallest absolute Gasteiger partial charge is 0.140 e. The first kappa shape index (κ1) is 15.3. The van der Waals surface area contributed by atoms with Crippen LogP contribution < -0.4 is 10.1 Å². The largest absolute Gasteiger partial charge is 0.456 e. The molecule has 0 bridgehead atoms. The van der Waals surface area contributed by atoms with Crippen molar-refractivity contribution in [2.75, 3.05) is 0 Å². The van der Waals surface area contributed by atoms with E-state index in [0.29, 0.717) is 23.9 Å². The van der Waals surface area contributed by atoms with Crippen LogP contribution in [0.1, 0.15) is 19.4 Å². The Morgan fingerprint density at radius 1 is 1.10 bits per heavy atom. The van der Waals surface area contributed by atoms with Crippen molar-refractivity contribution in [3.8, 4) is 11.5 Å². The number of ether oxygens (including phenoxy) is 1. The van der Waals surface area contributed by atoms with E-state index in [1.807, 2.05) is 38.1 Å². The highest BCUT2D eigenvalue weighted by molar-refractivity contribution is 14.1. The van der Waals surface area contributed by atoms with Crippen molar-refractivity contribution in [3.05, 3.63) is 57.4 Å². The van der Waals surface area contributed by atoms with E-state index in [1.54, 1.807) is 12.1 Å². The molecule has 0 spiro atoms. The van der Waals surface area contributed by atoms with Crippen LogP contribution in [0.4, 0.5) is 4.39 Å². The van der Waals surface area contributed by atoms with Gasteiger partial charge in [-0.15, -0.1) is 0 Å². The fraction of sp³-hybridized carbons (Fsp3) is 0.250. The van der Waals surface area contributed by atoms with Crippen LogP contribution in [0.2, 0.25) is 0 Å². The van der Waals surface area contributed by atoms with Crippen molar-refractivity contribution in [1.82, 2.24) is 5.32 Å². The summed E-state index contributed by atoms with van der Waals surface area (Å²) in [6, 6.07) is 12.9. The van der Waals surface area contributed by atoms with Crippen LogP contribution in [0.5, 0.6) is 11.5 Å². The zero-order valence-corrected chi connectivity index (χ0v) is 13.6. The third-order valence-electron chi connectivity index (χ3n) is 2.82. The van der Waals surface area contributed by atoms with Crippen LogP contribution >= 0.6 is 22.6 Å². The Kier molecular flexibility index (Phi) is 5.37. The molecule has 0 amide bonds. The molecule has 20 heavy (non-hydrogen) atoms. The van der Waals surface area contributed by atoms with Crippen LogP contribution in [-0.2, 0) is 6.54 Å². The standard InChI is InChI=1S/C16H17FINO/c1-11(2)19-10-12-13(17)6-5-9-15(12)20-16-8-4-3-7-14(16)18/h3-9,11,19H,10H2,1-2H3. The Morgan fingerprint density at radius 2 is 1.80 bits per heavy atom. The maximum Gasteiger partial charge on any atom is 0.140 e. The molecule has 0 fully saturated rings. The van der Waals surface area contributed by atoms with Crippen LogP contribution in [0.3, 0.4) is 0 Å². The molecule has 2 nitrogen and oxygen atoms in total. The maximum absolute atomic E-state index is 14.0. The van der Waals surface area contributed by atoms with Gasteiger partial charge >= 0.3 is 0 Å². The minimum Gasteiger partial charge on any atom is -0.456 e. The number of hydrogen-bond acceptors (Lipinski definition) is 2. The van der Waals surface area contributed by atoms with Crippen LogP contribution in [0.25, 0.3) is 0 Å². The van der Waals surface area contributed by atoms with E-state index < -0.39 is 0 Å². The summed E-state index contributed by atoms with van der Waals surface area (Å²) in [6.07, 6.45) is 0. The van der Waals surface area contributed by atoms with Gasteiger partial charge in [0.15, 0.2) is 0 Å². The summed E-state index contributed by atoms with van der Waals surface area (Å²) >= 11 is 2.21. The lowest BCUT2D eigenvalue weighted by molar-refractivity contribution is 0.455. The van der Waals surface area contributed by atoms with Crippen molar-refractivity contribution < 1.29 is 9.13 Å². The molecule has 0 saturated heterocycles. The van der Waals surface area contributed by atoms with E-state index in [9.17, 15) is 4.39 Å². The van der Waals surface area contributed by atoms with Gasteiger partial charge in [0.25, 0.3) is 0 Å². The first-order valence-corrected chi connectivity index (χ1v) is 7.59. The second-order valence-corrected chi connectivity index (χ2v) is 5.95. The third-order valence-corrected chi connectivity index (χ3v) is 3.71. The molecule has 0 aliphatic rings. The SMILES string of the molecule is CC(C)NCc1c(F)cccc1Oc1ccccc1I. The molecule has 2 rings (SSSR count). The van der Waals surface area contributed by atoms with Crippen molar-refractivity contribution in [3.63, 3.8) is 0 Å². The molecule has 0 aromatic heterocycles. The predicted molar refractivity (Wildman–Crippen MR) is 87.6 cm³/mol. The number of benzene rings is 2. The highest BCUT2D eigenvalue weighted by Crippen LogP contribution is 2.30. The summed E-state index contributed by atoms with van der Waals surface area (Å²) in [5.41, 5.74) is 0.556. The average molecular weight is 385 g/mol. The lowest BCUT2D eigenvalue weighted by atomic mass is 10.1. The summed E-state index contributed by atoms with van der Waals surface area (Å²) < 4.78 is 20.8. The Morgan fingerprint density at radius 3 is 2.50 bits per heavy atom. The second kappa shape index (κ2) is 7.04. The number of rotatable bonds is 5. The molecule has 106 valence electrons. The normalized spacial score (nSPS) is 10.8. The Balaban J connectivity index is 2.27. The van der Waals surface area contributed by atoms with Crippen molar-refractivity contribution in [1.29, 1.82) is 0 Å². The van der Waals surface area contributed by atoms with Gasteiger partial charge in [-0.05, 0) is 46.9 Å². The average Bonchev–Trinajstić information content (AvgIpc) is 2.40. The van der Waals surface area contributed by atoms with Gasteiger partial charge in [0.05, 0.1) is 3.57 Å².